The molecule has 0 saturated carbocycles. The minimum atomic E-state index is -4.54. The first-order chi connectivity index (χ1) is 33.6. The van der Waals surface area contributed by atoms with E-state index in [2.05, 4.69) is 50.3 Å². The fraction of sp³-hybridized carbons (Fsp3) is 0.883. The summed E-state index contributed by atoms with van der Waals surface area (Å²) in [6.45, 7) is 5.45. The molecule has 0 amide bonds. The molecule has 8 nitrogen and oxygen atoms in total. The third kappa shape index (κ3) is 57.5. The Morgan fingerprint density at radius 3 is 1.19 bits per heavy atom. The van der Waals surface area contributed by atoms with Gasteiger partial charge in [-0.15, -0.1) is 0 Å². The SMILES string of the molecule is CCCCCCC/C=C\C/C=C\CCCCCCCCCCCC(=O)OC(COCCCCCCCCCCCCCCCC/C=C\CCCCCCCCCC)COP(=O)([O-])OCC[N+](C)(C)C. The van der Waals surface area contributed by atoms with Crippen LogP contribution in [-0.2, 0) is 27.9 Å². The van der Waals surface area contributed by atoms with Gasteiger partial charge in [0, 0.05) is 13.0 Å². The van der Waals surface area contributed by atoms with Gasteiger partial charge in [-0.25, -0.2) is 0 Å². The van der Waals surface area contributed by atoms with Crippen molar-refractivity contribution in [1.82, 2.24) is 0 Å². The van der Waals surface area contributed by atoms with Crippen molar-refractivity contribution in [3.8, 4) is 0 Å². The largest absolute Gasteiger partial charge is 0.756 e. The summed E-state index contributed by atoms with van der Waals surface area (Å²) in [5.74, 6) is -0.333. The first-order valence-corrected chi connectivity index (χ1v) is 31.2. The Kier molecular flexibility index (Phi) is 52.0. The fourth-order valence-electron chi connectivity index (χ4n) is 8.57. The van der Waals surface area contributed by atoms with E-state index in [-0.39, 0.29) is 25.8 Å². The van der Waals surface area contributed by atoms with Crippen LogP contribution in [0.3, 0.4) is 0 Å². The highest BCUT2D eigenvalue weighted by Gasteiger charge is 2.20. The second kappa shape index (κ2) is 53.0. The van der Waals surface area contributed by atoms with E-state index in [1.165, 1.54) is 225 Å². The van der Waals surface area contributed by atoms with Crippen LogP contribution in [-0.4, -0.2) is 70.7 Å². The molecule has 0 saturated heterocycles. The number of nitrogens with zero attached hydrogens (tertiary/aromatic N) is 1. The van der Waals surface area contributed by atoms with E-state index in [0.29, 0.717) is 24.1 Å². The van der Waals surface area contributed by atoms with Crippen LogP contribution in [0.2, 0.25) is 0 Å². The molecule has 0 spiro atoms. The second-order valence-corrected chi connectivity index (χ2v) is 22.8. The Morgan fingerprint density at radius 1 is 0.449 bits per heavy atom. The van der Waals surface area contributed by atoms with E-state index in [0.717, 1.165) is 38.5 Å². The van der Waals surface area contributed by atoms with Crippen molar-refractivity contribution >= 4 is 13.8 Å². The van der Waals surface area contributed by atoms with Crippen LogP contribution in [0.4, 0.5) is 0 Å². The van der Waals surface area contributed by atoms with E-state index >= 15 is 0 Å². The van der Waals surface area contributed by atoms with Gasteiger partial charge in [0.25, 0.3) is 7.82 Å². The van der Waals surface area contributed by atoms with Crippen LogP contribution in [0.25, 0.3) is 0 Å². The number of ether oxygens (including phenoxy) is 2. The number of quaternary nitrogens is 1. The third-order valence-electron chi connectivity index (χ3n) is 13.2. The molecule has 0 aromatic heterocycles. The lowest BCUT2D eigenvalue weighted by atomic mass is 10.0. The summed E-state index contributed by atoms with van der Waals surface area (Å²) in [5, 5.41) is 0. The number of phosphoric ester groups is 1. The lowest BCUT2D eigenvalue weighted by Crippen LogP contribution is -2.37. The van der Waals surface area contributed by atoms with Crippen molar-refractivity contribution in [2.75, 3.05) is 54.1 Å². The molecule has 0 radical (unpaired) electrons. The Balaban J connectivity index is 4.03. The van der Waals surface area contributed by atoms with Crippen molar-refractivity contribution in [2.45, 2.75) is 290 Å². The standard InChI is InChI=1S/C60H116NO7P/c1-6-8-10-12-14-16-18-20-22-24-26-28-29-30-31-32-34-36-38-40-42-44-46-48-50-52-55-65-57-59(58-67-69(63,64)66-56-54-61(3,4)5)68-60(62)53-51-49-47-45-43-41-39-37-35-33-27-25-23-21-19-17-15-13-11-9-7-2/h19,21,24-27,59H,6-18,20,22-23,28-58H2,1-5H3/b21-19-,26-24-,27-25-. The predicted octanol–water partition coefficient (Wildman–Crippen LogP) is 18.2. The van der Waals surface area contributed by atoms with Gasteiger partial charge in [-0.05, 0) is 70.6 Å². The van der Waals surface area contributed by atoms with Crippen LogP contribution >= 0.6 is 7.82 Å². The van der Waals surface area contributed by atoms with Crippen molar-refractivity contribution in [3.63, 3.8) is 0 Å². The Morgan fingerprint density at radius 2 is 0.797 bits per heavy atom. The van der Waals surface area contributed by atoms with E-state index in [1.807, 2.05) is 21.1 Å². The molecule has 0 heterocycles. The van der Waals surface area contributed by atoms with Crippen LogP contribution in [0.1, 0.15) is 284 Å². The molecule has 0 aliphatic rings. The molecule has 0 aliphatic carbocycles. The molecule has 0 aromatic carbocycles. The summed E-state index contributed by atoms with van der Waals surface area (Å²) < 4.78 is 34.9. The van der Waals surface area contributed by atoms with Crippen LogP contribution < -0.4 is 4.89 Å². The zero-order valence-corrected chi connectivity index (χ0v) is 47.4. The number of hydrogen-bond acceptors (Lipinski definition) is 7. The number of allylic oxidation sites excluding steroid dienone is 6. The van der Waals surface area contributed by atoms with Gasteiger partial charge in [-0.2, -0.15) is 0 Å². The maximum atomic E-state index is 12.8. The summed E-state index contributed by atoms with van der Waals surface area (Å²) in [6.07, 6.45) is 66.2. The molecule has 69 heavy (non-hydrogen) atoms. The molecule has 0 aliphatic heterocycles. The molecular weight excluding hydrogens is 878 g/mol. The van der Waals surface area contributed by atoms with Gasteiger partial charge in [0.2, 0.25) is 0 Å². The minimum absolute atomic E-state index is 0.0263. The summed E-state index contributed by atoms with van der Waals surface area (Å²) >= 11 is 0. The molecule has 408 valence electrons. The smallest absolute Gasteiger partial charge is 0.306 e. The number of hydrogen-bond donors (Lipinski definition) is 0. The average Bonchev–Trinajstić information content (AvgIpc) is 3.31. The summed E-state index contributed by atoms with van der Waals surface area (Å²) in [5.41, 5.74) is 0. The molecule has 9 heteroatoms. The van der Waals surface area contributed by atoms with Gasteiger partial charge >= 0.3 is 5.97 Å². The normalized spacial score (nSPS) is 13.7. The lowest BCUT2D eigenvalue weighted by molar-refractivity contribution is -0.870. The van der Waals surface area contributed by atoms with Crippen LogP contribution in [0, 0.1) is 0 Å². The summed E-state index contributed by atoms with van der Waals surface area (Å²) in [7, 11) is 1.36. The first kappa shape index (κ1) is 67.7. The van der Waals surface area contributed by atoms with Gasteiger partial charge in [-0.1, -0.05) is 243 Å². The average molecular weight is 995 g/mol. The van der Waals surface area contributed by atoms with Gasteiger partial charge in [-0.3, -0.25) is 9.36 Å². The summed E-state index contributed by atoms with van der Waals surface area (Å²) in [6, 6.07) is 0. The highest BCUT2D eigenvalue weighted by molar-refractivity contribution is 7.45. The quantitative estimate of drug-likeness (QED) is 0.0197. The summed E-state index contributed by atoms with van der Waals surface area (Å²) in [4.78, 5) is 25.3. The zero-order chi connectivity index (χ0) is 50.5. The molecule has 2 unspecified atom stereocenters. The molecular formula is C60H116NO7P. The van der Waals surface area contributed by atoms with Gasteiger partial charge in [0.15, 0.2) is 0 Å². The molecule has 0 aromatic rings. The molecule has 0 bridgehead atoms. The molecule has 2 atom stereocenters. The maximum absolute atomic E-state index is 12.8. The second-order valence-electron chi connectivity index (χ2n) is 21.4. The number of unbranched alkanes of at least 4 members (excludes halogenated alkanes) is 36. The molecule has 0 N–H and O–H groups in total. The highest BCUT2D eigenvalue weighted by atomic mass is 31.2. The van der Waals surface area contributed by atoms with Gasteiger partial charge in [0.1, 0.15) is 19.3 Å². The van der Waals surface area contributed by atoms with E-state index in [9.17, 15) is 14.3 Å². The van der Waals surface area contributed by atoms with Gasteiger partial charge in [0.05, 0.1) is 34.4 Å². The number of esters is 1. The Labute approximate surface area is 429 Å². The number of carbonyl (C=O) groups is 1. The number of likely N-dealkylation sites (N-methyl/N-ethyl adjacent to an activating group) is 1. The lowest BCUT2D eigenvalue weighted by Gasteiger charge is -2.28. The van der Waals surface area contributed by atoms with Crippen molar-refractivity contribution in [2.24, 2.45) is 0 Å². The Hall–Kier alpha value is -1.28. The minimum Gasteiger partial charge on any atom is -0.756 e. The number of phosphoric acid groups is 1. The van der Waals surface area contributed by atoms with Crippen molar-refractivity contribution in [3.05, 3.63) is 36.5 Å². The predicted molar refractivity (Wildman–Crippen MR) is 296 cm³/mol. The molecule has 0 fully saturated rings. The van der Waals surface area contributed by atoms with E-state index in [1.54, 1.807) is 0 Å². The van der Waals surface area contributed by atoms with Crippen LogP contribution in [0.15, 0.2) is 36.5 Å². The fourth-order valence-corrected chi connectivity index (χ4v) is 9.30. The molecule has 0 rings (SSSR count). The van der Waals surface area contributed by atoms with Gasteiger partial charge < -0.3 is 27.9 Å². The van der Waals surface area contributed by atoms with E-state index < -0.39 is 13.9 Å². The van der Waals surface area contributed by atoms with Crippen LogP contribution in [0.5, 0.6) is 0 Å². The Bertz CT molecular complexity index is 1200. The highest BCUT2D eigenvalue weighted by Crippen LogP contribution is 2.38. The third-order valence-corrected chi connectivity index (χ3v) is 14.1. The maximum Gasteiger partial charge on any atom is 0.306 e. The van der Waals surface area contributed by atoms with Crippen molar-refractivity contribution in [1.29, 1.82) is 0 Å². The monoisotopic (exact) mass is 994 g/mol. The first-order valence-electron chi connectivity index (χ1n) is 29.7. The number of rotatable bonds is 56. The van der Waals surface area contributed by atoms with E-state index in [4.69, 9.17) is 18.5 Å². The topological polar surface area (TPSA) is 94.1 Å². The van der Waals surface area contributed by atoms with Crippen molar-refractivity contribution < 1.29 is 37.3 Å². The zero-order valence-electron chi connectivity index (χ0n) is 46.5. The number of carbonyl (C=O) groups excluding carboxylic acids is 1.